The predicted octanol–water partition coefficient (Wildman–Crippen LogP) is 3.16. The maximum Gasteiger partial charge on any atom is 0.278 e. The molecule has 0 atom stereocenters. The van der Waals surface area contributed by atoms with Crippen LogP contribution in [0.1, 0.15) is 16.2 Å². The number of rotatable bonds is 3. The molecule has 2 aromatic carbocycles. The highest BCUT2D eigenvalue weighted by Crippen LogP contribution is 2.20. The number of hydrogen-bond donors (Lipinski definition) is 0. The van der Waals surface area contributed by atoms with Crippen LogP contribution in [-0.4, -0.2) is 46.8 Å². The number of carbonyl (C=O) groups excluding carboxylic acids is 1. The molecule has 0 bridgehead atoms. The Hall–Kier alpha value is -3.12. The maximum absolute atomic E-state index is 13.0. The van der Waals surface area contributed by atoms with Crippen LogP contribution in [0.2, 0.25) is 5.02 Å². The molecule has 0 radical (unpaired) electrons. The molecule has 0 unspecified atom stereocenters. The second kappa shape index (κ2) is 8.09. The van der Waals surface area contributed by atoms with Gasteiger partial charge < -0.3 is 9.80 Å². The molecular formula is C22H21ClN4O2. The molecule has 1 aliphatic heterocycles. The number of aryl methyl sites for hydroxylation is 1. The third-order valence-electron chi connectivity index (χ3n) is 5.08. The molecule has 6 nitrogen and oxygen atoms in total. The highest BCUT2D eigenvalue weighted by molar-refractivity contribution is 6.32. The highest BCUT2D eigenvalue weighted by atomic mass is 35.5. The second-order valence-corrected chi connectivity index (χ2v) is 7.38. The lowest BCUT2D eigenvalue weighted by atomic mass is 10.2. The largest absolute Gasteiger partial charge is 0.368 e. The van der Waals surface area contributed by atoms with Crippen molar-refractivity contribution in [1.82, 2.24) is 14.7 Å². The first-order valence-electron chi connectivity index (χ1n) is 9.50. The van der Waals surface area contributed by atoms with E-state index in [9.17, 15) is 9.59 Å². The molecule has 0 N–H and O–H groups in total. The number of anilines is 1. The third kappa shape index (κ3) is 3.89. The first kappa shape index (κ1) is 19.2. The van der Waals surface area contributed by atoms with E-state index in [1.165, 1.54) is 6.07 Å². The lowest BCUT2D eigenvalue weighted by Gasteiger charge is -2.35. The fraction of sp³-hybridized carbons (Fsp3) is 0.227. The van der Waals surface area contributed by atoms with Crippen LogP contribution in [0, 0.1) is 6.92 Å². The molecule has 1 aromatic heterocycles. The SMILES string of the molecule is Cc1cc(=O)c(C(=O)N2CCN(c3ccccc3)CC2)nn1-c1ccccc1Cl. The molecule has 3 aromatic rings. The highest BCUT2D eigenvalue weighted by Gasteiger charge is 2.26. The first-order valence-corrected chi connectivity index (χ1v) is 9.87. The fourth-order valence-corrected chi connectivity index (χ4v) is 3.74. The van der Waals surface area contributed by atoms with Crippen molar-refractivity contribution in [2.24, 2.45) is 0 Å². The summed E-state index contributed by atoms with van der Waals surface area (Å²) in [6.07, 6.45) is 0. The Bertz CT molecular complexity index is 1090. The van der Waals surface area contributed by atoms with Crippen LogP contribution in [0.3, 0.4) is 0 Å². The Labute approximate surface area is 173 Å². The van der Waals surface area contributed by atoms with Crippen LogP contribution in [0.4, 0.5) is 5.69 Å². The summed E-state index contributed by atoms with van der Waals surface area (Å²) in [7, 11) is 0. The van der Waals surface area contributed by atoms with Gasteiger partial charge in [0, 0.05) is 43.6 Å². The molecule has 7 heteroatoms. The van der Waals surface area contributed by atoms with Gasteiger partial charge in [0.15, 0.2) is 5.69 Å². The second-order valence-electron chi connectivity index (χ2n) is 6.98. The molecule has 0 saturated carbocycles. The Balaban J connectivity index is 1.57. The molecule has 0 spiro atoms. The summed E-state index contributed by atoms with van der Waals surface area (Å²) >= 11 is 6.29. The number of carbonyl (C=O) groups is 1. The van der Waals surface area contributed by atoms with Crippen molar-refractivity contribution in [3.8, 4) is 5.69 Å². The quantitative estimate of drug-likeness (QED) is 0.668. The summed E-state index contributed by atoms with van der Waals surface area (Å²) < 4.78 is 1.55. The number of para-hydroxylation sites is 2. The number of nitrogens with zero attached hydrogens (tertiary/aromatic N) is 4. The van der Waals surface area contributed by atoms with E-state index in [1.54, 1.807) is 28.6 Å². The molecule has 0 aliphatic carbocycles. The number of benzene rings is 2. The van der Waals surface area contributed by atoms with Gasteiger partial charge in [-0.25, -0.2) is 4.68 Å². The smallest absolute Gasteiger partial charge is 0.278 e. The maximum atomic E-state index is 13.0. The van der Waals surface area contributed by atoms with E-state index in [0.29, 0.717) is 42.6 Å². The topological polar surface area (TPSA) is 58.4 Å². The van der Waals surface area contributed by atoms with Crippen molar-refractivity contribution in [2.45, 2.75) is 6.92 Å². The first-order chi connectivity index (χ1) is 14.0. The van der Waals surface area contributed by atoms with E-state index in [-0.39, 0.29) is 17.0 Å². The summed E-state index contributed by atoms with van der Waals surface area (Å²) in [5.74, 6) is -0.344. The third-order valence-corrected chi connectivity index (χ3v) is 5.40. The van der Waals surface area contributed by atoms with Gasteiger partial charge in [-0.15, -0.1) is 0 Å². The molecule has 4 rings (SSSR count). The van der Waals surface area contributed by atoms with Crippen LogP contribution in [0.5, 0.6) is 0 Å². The van der Waals surface area contributed by atoms with E-state index in [1.807, 2.05) is 30.3 Å². The molecule has 1 amide bonds. The van der Waals surface area contributed by atoms with Gasteiger partial charge in [-0.2, -0.15) is 5.10 Å². The van der Waals surface area contributed by atoms with Crippen molar-refractivity contribution in [2.75, 3.05) is 31.1 Å². The fourth-order valence-electron chi connectivity index (χ4n) is 3.52. The van der Waals surface area contributed by atoms with Crippen molar-refractivity contribution >= 4 is 23.2 Å². The van der Waals surface area contributed by atoms with Gasteiger partial charge in [0.25, 0.3) is 5.91 Å². The standard InChI is InChI=1S/C22H21ClN4O2/c1-16-15-20(28)21(24-27(16)19-10-6-5-9-18(19)23)22(29)26-13-11-25(12-14-26)17-7-3-2-4-8-17/h2-10,15H,11-14H2,1H3. The van der Waals surface area contributed by atoms with Gasteiger partial charge in [0.05, 0.1) is 10.7 Å². The van der Waals surface area contributed by atoms with Crippen molar-refractivity contribution < 1.29 is 4.79 Å². The van der Waals surface area contributed by atoms with E-state index in [4.69, 9.17) is 11.6 Å². The minimum absolute atomic E-state index is 0.0799. The molecular weight excluding hydrogens is 388 g/mol. The Kier molecular flexibility index (Phi) is 5.36. The molecule has 1 saturated heterocycles. The Morgan fingerprint density at radius 1 is 0.966 bits per heavy atom. The summed E-state index contributed by atoms with van der Waals surface area (Å²) in [5.41, 5.74) is 1.93. The van der Waals surface area contributed by atoms with Crippen LogP contribution in [0.25, 0.3) is 5.69 Å². The summed E-state index contributed by atoms with van der Waals surface area (Å²) in [6, 6.07) is 18.7. The average molecular weight is 409 g/mol. The van der Waals surface area contributed by atoms with E-state index in [0.717, 1.165) is 5.69 Å². The Morgan fingerprint density at radius 2 is 1.62 bits per heavy atom. The van der Waals surface area contributed by atoms with Gasteiger partial charge >= 0.3 is 0 Å². The van der Waals surface area contributed by atoms with Gasteiger partial charge in [0.1, 0.15) is 0 Å². The number of halogens is 1. The van der Waals surface area contributed by atoms with Gasteiger partial charge in [0.2, 0.25) is 5.43 Å². The summed E-state index contributed by atoms with van der Waals surface area (Å²) in [6.45, 7) is 4.26. The van der Waals surface area contributed by atoms with Gasteiger partial charge in [-0.1, -0.05) is 41.9 Å². The number of piperazine rings is 1. The van der Waals surface area contributed by atoms with E-state index < -0.39 is 0 Å². The zero-order valence-electron chi connectivity index (χ0n) is 16.1. The molecule has 29 heavy (non-hydrogen) atoms. The van der Waals surface area contributed by atoms with Crippen molar-refractivity contribution in [1.29, 1.82) is 0 Å². The zero-order valence-corrected chi connectivity index (χ0v) is 16.8. The van der Waals surface area contributed by atoms with Gasteiger partial charge in [-0.05, 0) is 31.2 Å². The molecule has 1 aliphatic rings. The number of amides is 1. The number of hydrogen-bond acceptors (Lipinski definition) is 4. The average Bonchev–Trinajstić information content (AvgIpc) is 2.75. The monoisotopic (exact) mass is 408 g/mol. The zero-order chi connectivity index (χ0) is 20.4. The normalized spacial score (nSPS) is 14.1. The number of aromatic nitrogens is 2. The van der Waals surface area contributed by atoms with Crippen LogP contribution >= 0.6 is 11.6 Å². The lowest BCUT2D eigenvalue weighted by Crippen LogP contribution is -2.50. The molecule has 2 heterocycles. The van der Waals surface area contributed by atoms with E-state index >= 15 is 0 Å². The van der Waals surface area contributed by atoms with E-state index in [2.05, 4.69) is 22.1 Å². The summed E-state index contributed by atoms with van der Waals surface area (Å²) in [5, 5.41) is 4.87. The predicted molar refractivity (Wildman–Crippen MR) is 114 cm³/mol. The lowest BCUT2D eigenvalue weighted by molar-refractivity contribution is 0.0737. The van der Waals surface area contributed by atoms with Crippen molar-refractivity contribution in [3.63, 3.8) is 0 Å². The Morgan fingerprint density at radius 3 is 2.31 bits per heavy atom. The van der Waals surface area contributed by atoms with Crippen LogP contribution in [-0.2, 0) is 0 Å². The minimum atomic E-state index is -0.374. The van der Waals surface area contributed by atoms with Gasteiger partial charge in [-0.3, -0.25) is 9.59 Å². The summed E-state index contributed by atoms with van der Waals surface area (Å²) in [4.78, 5) is 29.5. The van der Waals surface area contributed by atoms with Crippen LogP contribution in [0.15, 0.2) is 65.5 Å². The molecule has 148 valence electrons. The minimum Gasteiger partial charge on any atom is -0.368 e. The van der Waals surface area contributed by atoms with Crippen molar-refractivity contribution in [3.05, 3.63) is 87.3 Å². The molecule has 1 fully saturated rings. The van der Waals surface area contributed by atoms with Crippen LogP contribution < -0.4 is 10.3 Å².